The number of nitrogens with one attached hydrogen (secondary N) is 1. The van der Waals surface area contributed by atoms with Crippen molar-refractivity contribution in [2.75, 3.05) is 5.32 Å². The monoisotopic (exact) mass is 282 g/mol. The van der Waals surface area contributed by atoms with Crippen LogP contribution < -0.4 is 5.32 Å². The number of hydrogen-bond donors (Lipinski definition) is 3. The molecule has 0 spiro atoms. The predicted octanol–water partition coefficient (Wildman–Crippen LogP) is 3.36. The van der Waals surface area contributed by atoms with Gasteiger partial charge in [0.25, 0.3) is 0 Å². The molecule has 5 heteroatoms. The maximum Gasteiger partial charge on any atom is 0.181 e. The quantitative estimate of drug-likeness (QED) is 0.684. The number of anilines is 1. The zero-order valence-electron chi connectivity index (χ0n) is 11.2. The summed E-state index contributed by atoms with van der Waals surface area (Å²) in [5, 5.41) is 22.2. The third-order valence-electron chi connectivity index (χ3n) is 3.15. The predicted molar refractivity (Wildman–Crippen MR) is 79.0 cm³/mol. The molecule has 21 heavy (non-hydrogen) atoms. The molecule has 0 saturated carbocycles. The standard InChI is InChI=1S/C16H14N2O3/c19-14-6-3-12(15(20)7-14)8-18-13-4-1-11(2-5-13)16-9-17-10-21-16/h1-7,9-10,18-20H,8H2. The van der Waals surface area contributed by atoms with E-state index in [0.29, 0.717) is 12.1 Å². The number of phenolic OH excluding ortho intramolecular Hbond substituents is 2. The van der Waals surface area contributed by atoms with Crippen molar-refractivity contribution in [1.29, 1.82) is 0 Å². The first-order chi connectivity index (χ1) is 10.2. The topological polar surface area (TPSA) is 78.5 Å². The van der Waals surface area contributed by atoms with E-state index in [9.17, 15) is 10.2 Å². The highest BCUT2D eigenvalue weighted by Crippen LogP contribution is 2.24. The Labute approximate surface area is 121 Å². The van der Waals surface area contributed by atoms with E-state index in [2.05, 4.69) is 10.3 Å². The van der Waals surface area contributed by atoms with E-state index in [1.807, 2.05) is 24.3 Å². The molecular weight excluding hydrogens is 268 g/mol. The molecule has 3 N–H and O–H groups in total. The van der Waals surface area contributed by atoms with E-state index >= 15 is 0 Å². The van der Waals surface area contributed by atoms with Gasteiger partial charge in [-0.2, -0.15) is 0 Å². The van der Waals surface area contributed by atoms with Crippen molar-refractivity contribution < 1.29 is 14.6 Å². The summed E-state index contributed by atoms with van der Waals surface area (Å²) in [7, 11) is 0. The lowest BCUT2D eigenvalue weighted by Crippen LogP contribution is -1.99. The van der Waals surface area contributed by atoms with E-state index < -0.39 is 0 Å². The zero-order valence-corrected chi connectivity index (χ0v) is 11.2. The average molecular weight is 282 g/mol. The molecular formula is C16H14N2O3. The number of rotatable bonds is 4. The Balaban J connectivity index is 1.68. The first kappa shape index (κ1) is 13.1. The summed E-state index contributed by atoms with van der Waals surface area (Å²) in [6, 6.07) is 12.3. The van der Waals surface area contributed by atoms with Crippen LogP contribution in [-0.2, 0) is 6.54 Å². The van der Waals surface area contributed by atoms with Gasteiger partial charge in [-0.15, -0.1) is 0 Å². The third kappa shape index (κ3) is 2.97. The van der Waals surface area contributed by atoms with Gasteiger partial charge in [-0.05, 0) is 36.4 Å². The molecule has 0 aliphatic rings. The molecule has 0 aliphatic heterocycles. The normalized spacial score (nSPS) is 10.5. The van der Waals surface area contributed by atoms with Crippen LogP contribution >= 0.6 is 0 Å². The smallest absolute Gasteiger partial charge is 0.181 e. The molecule has 3 aromatic rings. The van der Waals surface area contributed by atoms with Crippen LogP contribution in [0.25, 0.3) is 11.3 Å². The summed E-state index contributed by atoms with van der Waals surface area (Å²) >= 11 is 0. The number of aromatic nitrogens is 1. The van der Waals surface area contributed by atoms with Gasteiger partial charge in [0.2, 0.25) is 0 Å². The van der Waals surface area contributed by atoms with Crippen molar-refractivity contribution in [3.8, 4) is 22.8 Å². The Morgan fingerprint density at radius 1 is 1.05 bits per heavy atom. The highest BCUT2D eigenvalue weighted by molar-refractivity contribution is 5.60. The van der Waals surface area contributed by atoms with Crippen molar-refractivity contribution in [3.63, 3.8) is 0 Å². The van der Waals surface area contributed by atoms with Gasteiger partial charge in [0, 0.05) is 29.4 Å². The molecule has 106 valence electrons. The van der Waals surface area contributed by atoms with E-state index in [1.165, 1.54) is 12.5 Å². The van der Waals surface area contributed by atoms with Crippen molar-refractivity contribution >= 4 is 5.69 Å². The average Bonchev–Trinajstić information content (AvgIpc) is 3.01. The van der Waals surface area contributed by atoms with Gasteiger partial charge in [-0.1, -0.05) is 0 Å². The Hall–Kier alpha value is -2.95. The second kappa shape index (κ2) is 5.58. The summed E-state index contributed by atoms with van der Waals surface area (Å²) in [5.41, 5.74) is 2.59. The van der Waals surface area contributed by atoms with Gasteiger partial charge in [-0.25, -0.2) is 4.98 Å². The molecule has 0 atom stereocenters. The SMILES string of the molecule is Oc1ccc(CNc2ccc(-c3cnco3)cc2)c(O)c1. The Morgan fingerprint density at radius 3 is 2.52 bits per heavy atom. The second-order valence-corrected chi connectivity index (χ2v) is 4.61. The fourth-order valence-electron chi connectivity index (χ4n) is 2.01. The fourth-order valence-corrected chi connectivity index (χ4v) is 2.01. The van der Waals surface area contributed by atoms with Crippen LogP contribution in [-0.4, -0.2) is 15.2 Å². The molecule has 0 unspecified atom stereocenters. The number of phenols is 2. The van der Waals surface area contributed by atoms with Gasteiger partial charge in [0.1, 0.15) is 11.5 Å². The third-order valence-corrected chi connectivity index (χ3v) is 3.15. The largest absolute Gasteiger partial charge is 0.508 e. The van der Waals surface area contributed by atoms with Gasteiger partial charge in [-0.3, -0.25) is 0 Å². The van der Waals surface area contributed by atoms with Crippen LogP contribution in [0, 0.1) is 0 Å². The lowest BCUT2D eigenvalue weighted by atomic mass is 10.1. The fraction of sp³-hybridized carbons (Fsp3) is 0.0625. The summed E-state index contributed by atoms with van der Waals surface area (Å²) in [6.07, 6.45) is 3.06. The maximum atomic E-state index is 9.72. The molecule has 0 fully saturated rings. The Bertz CT molecular complexity index is 722. The molecule has 3 rings (SSSR count). The molecule has 0 bridgehead atoms. The minimum atomic E-state index is 0.0488. The number of aromatic hydroxyl groups is 2. The van der Waals surface area contributed by atoms with E-state index in [-0.39, 0.29) is 11.5 Å². The molecule has 0 saturated heterocycles. The van der Waals surface area contributed by atoms with Crippen LogP contribution in [0.4, 0.5) is 5.69 Å². The van der Waals surface area contributed by atoms with E-state index in [1.54, 1.807) is 18.3 Å². The maximum absolute atomic E-state index is 9.72. The van der Waals surface area contributed by atoms with E-state index in [0.717, 1.165) is 17.0 Å². The van der Waals surface area contributed by atoms with Crippen LogP contribution in [0.2, 0.25) is 0 Å². The number of hydrogen-bond acceptors (Lipinski definition) is 5. The second-order valence-electron chi connectivity index (χ2n) is 4.61. The van der Waals surface area contributed by atoms with Crippen LogP contribution in [0.15, 0.2) is 59.5 Å². The van der Waals surface area contributed by atoms with Crippen LogP contribution in [0.3, 0.4) is 0 Å². The molecule has 1 heterocycles. The number of oxazole rings is 1. The zero-order chi connectivity index (χ0) is 14.7. The van der Waals surface area contributed by atoms with Crippen molar-refractivity contribution in [2.45, 2.75) is 6.54 Å². The summed E-state index contributed by atoms with van der Waals surface area (Å²) < 4.78 is 5.23. The summed E-state index contributed by atoms with van der Waals surface area (Å²) in [4.78, 5) is 3.88. The van der Waals surface area contributed by atoms with Crippen molar-refractivity contribution in [1.82, 2.24) is 4.98 Å². The van der Waals surface area contributed by atoms with Gasteiger partial charge in [0.15, 0.2) is 12.2 Å². The molecule has 0 radical (unpaired) electrons. The minimum Gasteiger partial charge on any atom is -0.508 e. The first-order valence-electron chi connectivity index (χ1n) is 6.46. The van der Waals surface area contributed by atoms with E-state index in [4.69, 9.17) is 4.42 Å². The van der Waals surface area contributed by atoms with Gasteiger partial charge >= 0.3 is 0 Å². The number of nitrogens with zero attached hydrogens (tertiary/aromatic N) is 1. The molecule has 0 amide bonds. The number of benzene rings is 2. The summed E-state index contributed by atoms with van der Waals surface area (Å²) in [5.74, 6) is 0.839. The van der Waals surface area contributed by atoms with Crippen molar-refractivity contribution in [3.05, 3.63) is 60.6 Å². The molecule has 5 nitrogen and oxygen atoms in total. The Morgan fingerprint density at radius 2 is 1.86 bits per heavy atom. The van der Waals surface area contributed by atoms with Crippen LogP contribution in [0.1, 0.15) is 5.56 Å². The first-order valence-corrected chi connectivity index (χ1v) is 6.46. The van der Waals surface area contributed by atoms with Gasteiger partial charge < -0.3 is 19.9 Å². The lowest BCUT2D eigenvalue weighted by molar-refractivity contribution is 0.446. The summed E-state index contributed by atoms with van der Waals surface area (Å²) in [6.45, 7) is 0.466. The molecule has 0 aliphatic carbocycles. The molecule has 2 aromatic carbocycles. The highest BCUT2D eigenvalue weighted by Gasteiger charge is 2.04. The highest BCUT2D eigenvalue weighted by atomic mass is 16.3. The Kier molecular flexibility index (Phi) is 3.47. The van der Waals surface area contributed by atoms with Gasteiger partial charge in [0.05, 0.1) is 6.20 Å². The molecule has 1 aromatic heterocycles. The lowest BCUT2D eigenvalue weighted by Gasteiger charge is -2.09. The minimum absolute atomic E-state index is 0.0488. The van der Waals surface area contributed by atoms with Crippen LogP contribution in [0.5, 0.6) is 11.5 Å². The van der Waals surface area contributed by atoms with Crippen molar-refractivity contribution in [2.24, 2.45) is 0 Å².